The number of hydrogen-bond acceptors (Lipinski definition) is 2. The van der Waals surface area contributed by atoms with E-state index in [0.29, 0.717) is 0 Å². The van der Waals surface area contributed by atoms with Crippen LogP contribution in [-0.4, -0.2) is 36.1 Å². The summed E-state index contributed by atoms with van der Waals surface area (Å²) in [6.07, 6.45) is 11.3. The number of hydrogen-bond donors (Lipinski definition) is 0. The highest BCUT2D eigenvalue weighted by molar-refractivity contribution is 5.14. The van der Waals surface area contributed by atoms with Gasteiger partial charge in [-0.1, -0.05) is 82.2 Å². The summed E-state index contributed by atoms with van der Waals surface area (Å²) < 4.78 is 0. The first-order chi connectivity index (χ1) is 10.9. The van der Waals surface area contributed by atoms with Gasteiger partial charge < -0.3 is 0 Å². The van der Waals surface area contributed by atoms with Gasteiger partial charge in [-0.25, -0.2) is 0 Å². The van der Waals surface area contributed by atoms with E-state index in [1.54, 1.807) is 0 Å². The van der Waals surface area contributed by atoms with Crippen molar-refractivity contribution in [2.75, 3.05) is 26.3 Å². The third kappa shape index (κ3) is 6.93. The summed E-state index contributed by atoms with van der Waals surface area (Å²) in [5.74, 6) is 0. The van der Waals surface area contributed by atoms with Crippen LogP contribution in [0.15, 0.2) is 30.3 Å². The van der Waals surface area contributed by atoms with Crippen LogP contribution in [0, 0.1) is 0 Å². The van der Waals surface area contributed by atoms with Gasteiger partial charge in [-0.3, -0.25) is 9.80 Å². The minimum Gasteiger partial charge on any atom is -0.289 e. The Bertz CT molecular complexity index is 377. The molecule has 1 aromatic carbocycles. The van der Waals surface area contributed by atoms with Crippen molar-refractivity contribution < 1.29 is 0 Å². The number of rotatable bonds is 11. The van der Waals surface area contributed by atoms with E-state index >= 15 is 0 Å². The zero-order valence-electron chi connectivity index (χ0n) is 14.5. The maximum absolute atomic E-state index is 2.63. The van der Waals surface area contributed by atoms with E-state index in [9.17, 15) is 0 Å². The summed E-state index contributed by atoms with van der Waals surface area (Å²) in [6, 6.07) is 10.9. The standard InChI is InChI=1S/C20H34N2/c1-2-3-4-5-6-7-8-12-15-21-16-17-22(19-21)18-20-13-10-9-11-14-20/h9-11,13-14H,2-8,12,15-19H2,1H3. The summed E-state index contributed by atoms with van der Waals surface area (Å²) >= 11 is 0. The highest BCUT2D eigenvalue weighted by atomic mass is 15.4. The molecule has 0 spiro atoms. The lowest BCUT2D eigenvalue weighted by atomic mass is 10.1. The molecule has 22 heavy (non-hydrogen) atoms. The fourth-order valence-electron chi connectivity index (χ4n) is 3.33. The zero-order valence-corrected chi connectivity index (χ0v) is 14.5. The van der Waals surface area contributed by atoms with Crippen LogP contribution in [0.5, 0.6) is 0 Å². The molecule has 2 rings (SSSR count). The topological polar surface area (TPSA) is 6.48 Å². The molecule has 2 heteroatoms. The van der Waals surface area contributed by atoms with E-state index in [2.05, 4.69) is 47.1 Å². The SMILES string of the molecule is CCCCCCCCCCN1CCN(Cc2ccccc2)C1. The minimum atomic E-state index is 1.11. The summed E-state index contributed by atoms with van der Waals surface area (Å²) in [5, 5.41) is 0. The van der Waals surface area contributed by atoms with E-state index in [0.717, 1.165) is 13.2 Å². The second-order valence-electron chi connectivity index (χ2n) is 6.77. The van der Waals surface area contributed by atoms with E-state index in [4.69, 9.17) is 0 Å². The average molecular weight is 303 g/mol. The van der Waals surface area contributed by atoms with Crippen molar-refractivity contribution in [3.63, 3.8) is 0 Å². The van der Waals surface area contributed by atoms with Crippen molar-refractivity contribution in [3.8, 4) is 0 Å². The second-order valence-corrected chi connectivity index (χ2v) is 6.77. The molecule has 0 bridgehead atoms. The molecule has 0 amide bonds. The monoisotopic (exact) mass is 302 g/mol. The molecule has 124 valence electrons. The molecule has 1 aliphatic rings. The van der Waals surface area contributed by atoms with Crippen molar-refractivity contribution in [1.82, 2.24) is 9.80 Å². The van der Waals surface area contributed by atoms with Gasteiger partial charge in [0.15, 0.2) is 0 Å². The zero-order chi connectivity index (χ0) is 15.5. The molecule has 0 saturated carbocycles. The molecule has 1 fully saturated rings. The summed E-state index contributed by atoms with van der Waals surface area (Å²) in [4.78, 5) is 5.19. The van der Waals surface area contributed by atoms with Crippen molar-refractivity contribution in [1.29, 1.82) is 0 Å². The fourth-order valence-corrected chi connectivity index (χ4v) is 3.33. The molecular weight excluding hydrogens is 268 g/mol. The fraction of sp³-hybridized carbons (Fsp3) is 0.700. The van der Waals surface area contributed by atoms with Gasteiger partial charge in [-0.2, -0.15) is 0 Å². The Morgan fingerprint density at radius 1 is 0.773 bits per heavy atom. The van der Waals surface area contributed by atoms with E-state index in [-0.39, 0.29) is 0 Å². The average Bonchev–Trinajstić information content (AvgIpc) is 2.98. The molecule has 0 N–H and O–H groups in total. The van der Waals surface area contributed by atoms with Crippen LogP contribution in [-0.2, 0) is 6.54 Å². The predicted molar refractivity (Wildman–Crippen MR) is 95.9 cm³/mol. The molecule has 2 nitrogen and oxygen atoms in total. The lowest BCUT2D eigenvalue weighted by Gasteiger charge is -2.18. The summed E-state index contributed by atoms with van der Waals surface area (Å²) in [5.41, 5.74) is 1.44. The van der Waals surface area contributed by atoms with Crippen molar-refractivity contribution in [2.45, 2.75) is 64.8 Å². The molecule has 0 aliphatic carbocycles. The number of unbranched alkanes of at least 4 members (excludes halogenated alkanes) is 7. The van der Waals surface area contributed by atoms with Gasteiger partial charge in [0.2, 0.25) is 0 Å². The van der Waals surface area contributed by atoms with Gasteiger partial charge in [0.05, 0.1) is 6.67 Å². The van der Waals surface area contributed by atoms with Crippen LogP contribution in [0.25, 0.3) is 0 Å². The highest BCUT2D eigenvalue weighted by Crippen LogP contribution is 2.13. The predicted octanol–water partition coefficient (Wildman–Crippen LogP) is 4.90. The van der Waals surface area contributed by atoms with E-state index in [1.807, 2.05) is 0 Å². The van der Waals surface area contributed by atoms with Crippen LogP contribution in [0.3, 0.4) is 0 Å². The lowest BCUT2D eigenvalue weighted by Crippen LogP contribution is -2.26. The molecule has 0 radical (unpaired) electrons. The molecule has 1 aliphatic heterocycles. The maximum atomic E-state index is 2.63. The molecule has 0 atom stereocenters. The molecule has 1 aromatic rings. The van der Waals surface area contributed by atoms with Crippen LogP contribution < -0.4 is 0 Å². The molecule has 0 aromatic heterocycles. The minimum absolute atomic E-state index is 1.11. The Kier molecular flexibility index (Phi) is 8.59. The Morgan fingerprint density at radius 2 is 1.41 bits per heavy atom. The molecule has 0 unspecified atom stereocenters. The quantitative estimate of drug-likeness (QED) is 0.536. The second kappa shape index (κ2) is 10.8. The van der Waals surface area contributed by atoms with Crippen molar-refractivity contribution >= 4 is 0 Å². The Labute approximate surface area is 137 Å². The lowest BCUT2D eigenvalue weighted by molar-refractivity contribution is 0.237. The van der Waals surface area contributed by atoms with Crippen LogP contribution in [0.1, 0.15) is 63.9 Å². The molecular formula is C20H34N2. The molecule has 1 saturated heterocycles. The largest absolute Gasteiger partial charge is 0.289 e. The van der Waals surface area contributed by atoms with Gasteiger partial charge in [0.1, 0.15) is 0 Å². The molecule has 1 heterocycles. The smallest absolute Gasteiger partial charge is 0.0510 e. The summed E-state index contributed by atoms with van der Waals surface area (Å²) in [6.45, 7) is 8.33. The van der Waals surface area contributed by atoms with Gasteiger partial charge in [-0.15, -0.1) is 0 Å². The summed E-state index contributed by atoms with van der Waals surface area (Å²) in [7, 11) is 0. The van der Waals surface area contributed by atoms with Gasteiger partial charge in [0, 0.05) is 19.6 Å². The highest BCUT2D eigenvalue weighted by Gasteiger charge is 2.18. The van der Waals surface area contributed by atoms with Gasteiger partial charge >= 0.3 is 0 Å². The number of nitrogens with zero attached hydrogens (tertiary/aromatic N) is 2. The number of benzene rings is 1. The first-order valence-electron chi connectivity index (χ1n) is 9.37. The van der Waals surface area contributed by atoms with Crippen molar-refractivity contribution in [2.24, 2.45) is 0 Å². The Morgan fingerprint density at radius 3 is 2.14 bits per heavy atom. The van der Waals surface area contributed by atoms with E-state index < -0.39 is 0 Å². The Balaban J connectivity index is 1.48. The first-order valence-corrected chi connectivity index (χ1v) is 9.37. The normalized spacial score (nSPS) is 16.4. The van der Waals surface area contributed by atoms with Gasteiger partial charge in [-0.05, 0) is 18.5 Å². The van der Waals surface area contributed by atoms with Crippen LogP contribution >= 0.6 is 0 Å². The van der Waals surface area contributed by atoms with Crippen molar-refractivity contribution in [3.05, 3.63) is 35.9 Å². The maximum Gasteiger partial charge on any atom is 0.0510 e. The Hall–Kier alpha value is -0.860. The van der Waals surface area contributed by atoms with Crippen LogP contribution in [0.2, 0.25) is 0 Å². The third-order valence-electron chi connectivity index (χ3n) is 4.71. The first kappa shape index (κ1) is 17.5. The van der Waals surface area contributed by atoms with Gasteiger partial charge in [0.25, 0.3) is 0 Å². The van der Waals surface area contributed by atoms with E-state index in [1.165, 1.54) is 76.6 Å². The third-order valence-corrected chi connectivity index (χ3v) is 4.71. The van der Waals surface area contributed by atoms with Crippen LogP contribution in [0.4, 0.5) is 0 Å².